The minimum atomic E-state index is -1.09. The summed E-state index contributed by atoms with van der Waals surface area (Å²) in [5, 5.41) is 13.2. The SMILES string of the molecule is O=C(O)c1ccc(F)c(-c2cnn(-c3ccccc3)c2)c1. The number of carboxylic acid groups (broad SMARTS) is 1. The minimum Gasteiger partial charge on any atom is -0.478 e. The van der Waals surface area contributed by atoms with Crippen LogP contribution in [0.15, 0.2) is 60.9 Å². The van der Waals surface area contributed by atoms with Gasteiger partial charge < -0.3 is 5.11 Å². The topological polar surface area (TPSA) is 55.1 Å². The maximum atomic E-state index is 13.9. The van der Waals surface area contributed by atoms with Crippen molar-refractivity contribution in [1.29, 1.82) is 0 Å². The van der Waals surface area contributed by atoms with Crippen molar-refractivity contribution in [1.82, 2.24) is 9.78 Å². The summed E-state index contributed by atoms with van der Waals surface area (Å²) in [7, 11) is 0. The summed E-state index contributed by atoms with van der Waals surface area (Å²) in [5.74, 6) is -1.57. The molecular formula is C16H11FN2O2. The van der Waals surface area contributed by atoms with Gasteiger partial charge in [0.25, 0.3) is 0 Å². The summed E-state index contributed by atoms with van der Waals surface area (Å²) in [5.41, 5.74) is 1.63. The van der Waals surface area contributed by atoms with Gasteiger partial charge in [-0.05, 0) is 30.3 Å². The molecule has 0 fully saturated rings. The molecule has 1 heterocycles. The Morgan fingerprint density at radius 3 is 2.62 bits per heavy atom. The highest BCUT2D eigenvalue weighted by Gasteiger charge is 2.12. The number of nitrogens with zero attached hydrogens (tertiary/aromatic N) is 2. The van der Waals surface area contributed by atoms with Gasteiger partial charge in [0.15, 0.2) is 0 Å². The first-order valence-corrected chi connectivity index (χ1v) is 6.28. The van der Waals surface area contributed by atoms with Crippen LogP contribution >= 0.6 is 0 Å². The fourth-order valence-electron chi connectivity index (χ4n) is 2.06. The van der Waals surface area contributed by atoms with Crippen molar-refractivity contribution in [3.8, 4) is 16.8 Å². The molecule has 0 saturated heterocycles. The molecule has 1 aromatic heterocycles. The number of carboxylic acids is 1. The first kappa shape index (κ1) is 13.1. The summed E-state index contributed by atoms with van der Waals surface area (Å²) in [6.07, 6.45) is 3.18. The van der Waals surface area contributed by atoms with E-state index >= 15 is 0 Å². The molecule has 1 N–H and O–H groups in total. The van der Waals surface area contributed by atoms with E-state index in [9.17, 15) is 9.18 Å². The number of halogens is 1. The molecule has 0 saturated carbocycles. The Morgan fingerprint density at radius 1 is 1.14 bits per heavy atom. The third-order valence-electron chi connectivity index (χ3n) is 3.13. The first-order valence-electron chi connectivity index (χ1n) is 6.28. The molecule has 104 valence electrons. The van der Waals surface area contributed by atoms with Gasteiger partial charge in [-0.25, -0.2) is 13.9 Å². The fraction of sp³-hybridized carbons (Fsp3) is 0. The number of rotatable bonds is 3. The Hall–Kier alpha value is -2.95. The Morgan fingerprint density at radius 2 is 1.90 bits per heavy atom. The Kier molecular flexibility index (Phi) is 3.23. The number of benzene rings is 2. The van der Waals surface area contributed by atoms with E-state index in [1.54, 1.807) is 10.9 Å². The van der Waals surface area contributed by atoms with Crippen molar-refractivity contribution >= 4 is 5.97 Å². The lowest BCUT2D eigenvalue weighted by atomic mass is 10.1. The molecule has 0 atom stereocenters. The number of para-hydroxylation sites is 1. The normalized spacial score (nSPS) is 10.5. The maximum Gasteiger partial charge on any atom is 0.335 e. The molecule has 0 unspecified atom stereocenters. The third kappa shape index (κ3) is 2.53. The Balaban J connectivity index is 2.04. The number of carbonyl (C=O) groups is 1. The van der Waals surface area contributed by atoms with Crippen LogP contribution in [0.1, 0.15) is 10.4 Å². The van der Waals surface area contributed by atoms with Crippen molar-refractivity contribution in [2.24, 2.45) is 0 Å². The second-order valence-electron chi connectivity index (χ2n) is 4.51. The van der Waals surface area contributed by atoms with Crippen LogP contribution in [0.4, 0.5) is 4.39 Å². The van der Waals surface area contributed by atoms with Crippen LogP contribution in [0, 0.1) is 5.82 Å². The lowest BCUT2D eigenvalue weighted by Crippen LogP contribution is -1.97. The van der Waals surface area contributed by atoms with Gasteiger partial charge >= 0.3 is 5.97 Å². The second kappa shape index (κ2) is 5.20. The van der Waals surface area contributed by atoms with Crippen LogP contribution in [0.3, 0.4) is 0 Å². The van der Waals surface area contributed by atoms with Crippen LogP contribution in [-0.4, -0.2) is 20.9 Å². The molecule has 2 aromatic carbocycles. The predicted octanol–water partition coefficient (Wildman–Crippen LogP) is 3.38. The quantitative estimate of drug-likeness (QED) is 0.801. The zero-order valence-electron chi connectivity index (χ0n) is 10.9. The molecule has 0 bridgehead atoms. The van der Waals surface area contributed by atoms with E-state index in [0.29, 0.717) is 5.56 Å². The molecule has 0 aliphatic carbocycles. The Labute approximate surface area is 120 Å². The monoisotopic (exact) mass is 282 g/mol. The fourth-order valence-corrected chi connectivity index (χ4v) is 2.06. The highest BCUT2D eigenvalue weighted by atomic mass is 19.1. The van der Waals surface area contributed by atoms with Crippen LogP contribution < -0.4 is 0 Å². The summed E-state index contributed by atoms with van der Waals surface area (Å²) in [6.45, 7) is 0. The third-order valence-corrected chi connectivity index (χ3v) is 3.13. The van der Waals surface area contributed by atoms with Crippen LogP contribution in [0.5, 0.6) is 0 Å². The van der Waals surface area contributed by atoms with Gasteiger partial charge in [0.2, 0.25) is 0 Å². The molecule has 21 heavy (non-hydrogen) atoms. The number of hydrogen-bond acceptors (Lipinski definition) is 2. The van der Waals surface area contributed by atoms with Gasteiger partial charge in [-0.15, -0.1) is 0 Å². The Bertz CT molecular complexity index is 797. The molecular weight excluding hydrogens is 271 g/mol. The number of hydrogen-bond donors (Lipinski definition) is 1. The van der Waals surface area contributed by atoms with E-state index in [4.69, 9.17) is 5.11 Å². The maximum absolute atomic E-state index is 13.9. The van der Waals surface area contributed by atoms with Crippen molar-refractivity contribution in [3.05, 3.63) is 72.3 Å². The van der Waals surface area contributed by atoms with Gasteiger partial charge in [-0.2, -0.15) is 5.10 Å². The van der Waals surface area contributed by atoms with Crippen molar-refractivity contribution < 1.29 is 14.3 Å². The average molecular weight is 282 g/mol. The van der Waals surface area contributed by atoms with Gasteiger partial charge in [-0.3, -0.25) is 0 Å². The van der Waals surface area contributed by atoms with Crippen molar-refractivity contribution in [3.63, 3.8) is 0 Å². The van der Waals surface area contributed by atoms with Crippen LogP contribution in [-0.2, 0) is 0 Å². The van der Waals surface area contributed by atoms with Gasteiger partial charge in [-0.1, -0.05) is 18.2 Å². The highest BCUT2D eigenvalue weighted by molar-refractivity contribution is 5.89. The predicted molar refractivity (Wildman–Crippen MR) is 75.9 cm³/mol. The zero-order valence-corrected chi connectivity index (χ0v) is 10.9. The largest absolute Gasteiger partial charge is 0.478 e. The van der Waals surface area contributed by atoms with E-state index in [-0.39, 0.29) is 11.1 Å². The number of aromatic carboxylic acids is 1. The second-order valence-corrected chi connectivity index (χ2v) is 4.51. The average Bonchev–Trinajstić information content (AvgIpc) is 2.98. The molecule has 0 spiro atoms. The first-order chi connectivity index (χ1) is 10.1. The van der Waals surface area contributed by atoms with Crippen LogP contribution in [0.25, 0.3) is 16.8 Å². The lowest BCUT2D eigenvalue weighted by Gasteiger charge is -2.02. The summed E-state index contributed by atoms with van der Waals surface area (Å²) in [6, 6.07) is 13.1. The van der Waals surface area contributed by atoms with E-state index < -0.39 is 11.8 Å². The number of aromatic nitrogens is 2. The molecule has 0 aliphatic rings. The molecule has 4 nitrogen and oxygen atoms in total. The van der Waals surface area contributed by atoms with Crippen molar-refractivity contribution in [2.75, 3.05) is 0 Å². The molecule has 0 aliphatic heterocycles. The van der Waals surface area contributed by atoms with E-state index in [0.717, 1.165) is 11.8 Å². The van der Waals surface area contributed by atoms with Crippen LogP contribution in [0.2, 0.25) is 0 Å². The van der Waals surface area contributed by atoms with Gasteiger partial charge in [0.05, 0.1) is 17.4 Å². The molecule has 5 heteroatoms. The standard InChI is InChI=1S/C16H11FN2O2/c17-15-7-6-11(16(20)21)8-14(15)12-9-18-19(10-12)13-4-2-1-3-5-13/h1-10H,(H,20,21). The highest BCUT2D eigenvalue weighted by Crippen LogP contribution is 2.24. The zero-order chi connectivity index (χ0) is 14.8. The van der Waals surface area contributed by atoms with Gasteiger partial charge in [0.1, 0.15) is 5.82 Å². The molecule has 3 aromatic rings. The molecule has 0 radical (unpaired) electrons. The summed E-state index contributed by atoms with van der Waals surface area (Å²) >= 11 is 0. The summed E-state index contributed by atoms with van der Waals surface area (Å²) in [4.78, 5) is 11.0. The van der Waals surface area contributed by atoms with Crippen molar-refractivity contribution in [2.45, 2.75) is 0 Å². The van der Waals surface area contributed by atoms with E-state index in [2.05, 4.69) is 5.10 Å². The smallest absolute Gasteiger partial charge is 0.335 e. The minimum absolute atomic E-state index is 0.0406. The molecule has 3 rings (SSSR count). The van der Waals surface area contributed by atoms with Gasteiger partial charge in [0, 0.05) is 17.3 Å². The summed E-state index contributed by atoms with van der Waals surface area (Å²) < 4.78 is 15.5. The van der Waals surface area contributed by atoms with E-state index in [1.807, 2.05) is 30.3 Å². The lowest BCUT2D eigenvalue weighted by molar-refractivity contribution is 0.0697. The van der Waals surface area contributed by atoms with E-state index in [1.165, 1.54) is 18.3 Å². The molecule has 0 amide bonds.